The summed E-state index contributed by atoms with van der Waals surface area (Å²) in [6.07, 6.45) is 3.71. The number of anilines is 1. The highest BCUT2D eigenvalue weighted by molar-refractivity contribution is 5.49. The molecule has 1 aromatic carbocycles. The monoisotopic (exact) mass is 448 g/mol. The summed E-state index contributed by atoms with van der Waals surface area (Å²) in [6.45, 7) is 1.56. The van der Waals surface area contributed by atoms with Crippen molar-refractivity contribution >= 4 is 5.69 Å². The molecule has 0 aliphatic carbocycles. The van der Waals surface area contributed by atoms with Crippen LogP contribution in [0.1, 0.15) is 5.56 Å². The molecular weight excluding hydrogens is 421 g/mol. The SMILES string of the molecule is CN(CCN1NCC(C2=CN3C=C(N)N(C)C3C=C2)=C1CO)c1ccc(C(F)(F)F)cc1. The normalized spacial score (nSPS) is 20.7. The Balaban J connectivity index is 1.43. The first-order valence-corrected chi connectivity index (χ1v) is 10.3. The van der Waals surface area contributed by atoms with Crippen molar-refractivity contribution in [1.82, 2.24) is 20.2 Å². The number of hydrazine groups is 1. The Bertz CT molecular complexity index is 982. The van der Waals surface area contributed by atoms with E-state index >= 15 is 0 Å². The third-order valence-electron chi connectivity index (χ3n) is 6.04. The van der Waals surface area contributed by atoms with Crippen LogP contribution in [0.5, 0.6) is 0 Å². The van der Waals surface area contributed by atoms with Crippen LogP contribution in [-0.4, -0.2) is 66.4 Å². The van der Waals surface area contributed by atoms with Crippen LogP contribution in [0.2, 0.25) is 0 Å². The summed E-state index contributed by atoms with van der Waals surface area (Å²) in [4.78, 5) is 5.89. The van der Waals surface area contributed by atoms with Crippen LogP contribution in [0, 0.1) is 0 Å². The second-order valence-electron chi connectivity index (χ2n) is 8.01. The molecular formula is C22H27F3N6O. The highest BCUT2D eigenvalue weighted by Crippen LogP contribution is 2.31. The minimum absolute atomic E-state index is 0.0553. The molecule has 0 aromatic heterocycles. The van der Waals surface area contributed by atoms with Crippen LogP contribution in [0.3, 0.4) is 0 Å². The average Bonchev–Trinajstić information content (AvgIpc) is 3.31. The van der Waals surface area contributed by atoms with Crippen molar-refractivity contribution in [3.05, 3.63) is 77.0 Å². The molecule has 0 amide bonds. The van der Waals surface area contributed by atoms with E-state index in [1.807, 2.05) is 52.3 Å². The van der Waals surface area contributed by atoms with Gasteiger partial charge in [-0.15, -0.1) is 0 Å². The number of benzene rings is 1. The van der Waals surface area contributed by atoms with E-state index in [1.165, 1.54) is 12.1 Å². The molecule has 0 spiro atoms. The zero-order valence-corrected chi connectivity index (χ0v) is 18.0. The number of aliphatic hydroxyl groups is 1. The van der Waals surface area contributed by atoms with Crippen molar-refractivity contribution in [2.24, 2.45) is 5.73 Å². The van der Waals surface area contributed by atoms with E-state index in [9.17, 15) is 18.3 Å². The first-order valence-electron chi connectivity index (χ1n) is 10.3. The van der Waals surface area contributed by atoms with Gasteiger partial charge in [0.15, 0.2) is 0 Å². The van der Waals surface area contributed by atoms with Gasteiger partial charge in [0.1, 0.15) is 12.0 Å². The predicted octanol–water partition coefficient (Wildman–Crippen LogP) is 1.99. The van der Waals surface area contributed by atoms with Gasteiger partial charge in [0.25, 0.3) is 0 Å². The van der Waals surface area contributed by atoms with Crippen LogP contribution >= 0.6 is 0 Å². The summed E-state index contributed by atoms with van der Waals surface area (Å²) in [5.74, 6) is 0.686. The molecule has 0 radical (unpaired) electrons. The van der Waals surface area contributed by atoms with Crippen LogP contribution in [-0.2, 0) is 6.18 Å². The van der Waals surface area contributed by atoms with Gasteiger partial charge in [-0.2, -0.15) is 13.2 Å². The van der Waals surface area contributed by atoms with E-state index in [0.717, 1.165) is 29.0 Å². The van der Waals surface area contributed by atoms with Crippen LogP contribution in [0.25, 0.3) is 0 Å². The molecule has 1 atom stereocenters. The summed E-state index contributed by atoms with van der Waals surface area (Å²) in [5.41, 5.74) is 12.1. The molecule has 3 aliphatic rings. The highest BCUT2D eigenvalue weighted by Gasteiger charge is 2.31. The molecule has 1 unspecified atom stereocenters. The van der Waals surface area contributed by atoms with Crippen molar-refractivity contribution in [2.45, 2.75) is 12.3 Å². The lowest BCUT2D eigenvalue weighted by molar-refractivity contribution is -0.137. The minimum Gasteiger partial charge on any atom is -0.390 e. The van der Waals surface area contributed by atoms with Gasteiger partial charge in [-0.1, -0.05) is 6.08 Å². The zero-order valence-electron chi connectivity index (χ0n) is 18.0. The first kappa shape index (κ1) is 22.1. The summed E-state index contributed by atoms with van der Waals surface area (Å²) >= 11 is 0. The van der Waals surface area contributed by atoms with Crippen LogP contribution in [0.4, 0.5) is 18.9 Å². The molecule has 32 heavy (non-hydrogen) atoms. The fraction of sp³-hybridized carbons (Fsp3) is 0.364. The highest BCUT2D eigenvalue weighted by atomic mass is 19.4. The largest absolute Gasteiger partial charge is 0.416 e. The van der Waals surface area contributed by atoms with E-state index in [4.69, 9.17) is 5.73 Å². The van der Waals surface area contributed by atoms with Crippen molar-refractivity contribution < 1.29 is 18.3 Å². The number of fused-ring (bicyclic) bond motifs is 1. The second kappa shape index (κ2) is 8.44. The van der Waals surface area contributed by atoms with Gasteiger partial charge in [0.05, 0.1) is 24.4 Å². The number of hydrogen-bond acceptors (Lipinski definition) is 7. The fourth-order valence-corrected chi connectivity index (χ4v) is 4.07. The summed E-state index contributed by atoms with van der Waals surface area (Å²) < 4.78 is 38.3. The first-order chi connectivity index (χ1) is 15.2. The standard InChI is InChI=1S/C22H27F3N6O/c1-28(17-6-4-16(5-7-17)22(23,24)25)9-10-31-19(14-32)18(11-27-31)15-3-8-21-29(2)20(26)13-30(21)12-15/h3-8,12-13,21,27,32H,9-11,14,26H2,1-2H3. The maximum atomic E-state index is 12.8. The van der Waals surface area contributed by atoms with Crippen molar-refractivity contribution in [3.8, 4) is 0 Å². The van der Waals surface area contributed by atoms with Gasteiger partial charge >= 0.3 is 6.18 Å². The number of rotatable bonds is 6. The van der Waals surface area contributed by atoms with E-state index < -0.39 is 11.7 Å². The van der Waals surface area contributed by atoms with Crippen molar-refractivity contribution in [3.63, 3.8) is 0 Å². The molecule has 4 N–H and O–H groups in total. The van der Waals surface area contributed by atoms with Crippen molar-refractivity contribution in [2.75, 3.05) is 45.2 Å². The Morgan fingerprint density at radius 3 is 2.59 bits per heavy atom. The molecule has 0 fully saturated rings. The quantitative estimate of drug-likeness (QED) is 0.615. The lowest BCUT2D eigenvalue weighted by Crippen LogP contribution is -2.39. The maximum absolute atomic E-state index is 12.8. The molecule has 10 heteroatoms. The molecule has 0 saturated heterocycles. The van der Waals surface area contributed by atoms with Crippen LogP contribution in [0.15, 0.2) is 71.5 Å². The average molecular weight is 448 g/mol. The summed E-state index contributed by atoms with van der Waals surface area (Å²) in [7, 11) is 3.76. The van der Waals surface area contributed by atoms with E-state index in [-0.39, 0.29) is 12.8 Å². The van der Waals surface area contributed by atoms with Gasteiger partial charge in [-0.25, -0.2) is 5.43 Å². The molecule has 7 nitrogen and oxygen atoms in total. The number of halogens is 3. The third-order valence-corrected chi connectivity index (χ3v) is 6.04. The number of hydrogen-bond donors (Lipinski definition) is 3. The van der Waals surface area contributed by atoms with Gasteiger partial charge < -0.3 is 30.5 Å². The zero-order chi connectivity index (χ0) is 23.0. The number of nitrogens with one attached hydrogen (secondary N) is 1. The molecule has 0 bridgehead atoms. The van der Waals surface area contributed by atoms with Crippen molar-refractivity contribution in [1.29, 1.82) is 0 Å². The Morgan fingerprint density at radius 1 is 1.22 bits per heavy atom. The van der Waals surface area contributed by atoms with Gasteiger partial charge in [-0.3, -0.25) is 0 Å². The smallest absolute Gasteiger partial charge is 0.390 e. The van der Waals surface area contributed by atoms with Gasteiger partial charge in [0, 0.05) is 45.3 Å². The van der Waals surface area contributed by atoms with Gasteiger partial charge in [0.2, 0.25) is 0 Å². The number of aliphatic hydroxyl groups excluding tert-OH is 1. The third kappa shape index (κ3) is 4.15. The molecule has 1 aromatic rings. The topological polar surface area (TPSA) is 71.2 Å². The Labute approximate surface area is 185 Å². The number of allylic oxidation sites excluding steroid dienone is 1. The number of alkyl halides is 3. The molecule has 0 saturated carbocycles. The molecule has 3 aliphatic heterocycles. The molecule has 3 heterocycles. The van der Waals surface area contributed by atoms with Crippen LogP contribution < -0.4 is 16.1 Å². The number of nitrogens with zero attached hydrogens (tertiary/aromatic N) is 4. The minimum atomic E-state index is -4.35. The Hall–Kier alpha value is -3.11. The molecule has 172 valence electrons. The Kier molecular flexibility index (Phi) is 5.83. The Morgan fingerprint density at radius 2 is 1.94 bits per heavy atom. The van der Waals surface area contributed by atoms with Gasteiger partial charge in [-0.05, 0) is 41.5 Å². The summed E-state index contributed by atoms with van der Waals surface area (Å²) in [5, 5.41) is 11.9. The van der Waals surface area contributed by atoms with E-state index in [0.29, 0.717) is 31.1 Å². The number of likely N-dealkylation sites (N-methyl/N-ethyl adjacent to an activating group) is 2. The molecule has 4 rings (SSSR count). The van der Waals surface area contributed by atoms with E-state index in [2.05, 4.69) is 11.5 Å². The fourth-order valence-electron chi connectivity index (χ4n) is 4.07. The lowest BCUT2D eigenvalue weighted by atomic mass is 10.0. The summed E-state index contributed by atoms with van der Waals surface area (Å²) in [6, 6.07) is 5.11. The lowest BCUT2D eigenvalue weighted by Gasteiger charge is -2.29. The second-order valence-corrected chi connectivity index (χ2v) is 8.01. The predicted molar refractivity (Wildman–Crippen MR) is 116 cm³/mol. The maximum Gasteiger partial charge on any atom is 0.416 e. The number of nitrogens with two attached hydrogens (primary N) is 1. The van der Waals surface area contributed by atoms with E-state index in [1.54, 1.807) is 0 Å².